The number of hydrogen-bond acceptors (Lipinski definition) is 6. The van der Waals surface area contributed by atoms with Gasteiger partial charge in [0, 0.05) is 6.54 Å². The molecule has 0 spiro atoms. The summed E-state index contributed by atoms with van der Waals surface area (Å²) in [7, 11) is -3.35. The Bertz CT molecular complexity index is 696. The average molecular weight is 300 g/mol. The maximum absolute atomic E-state index is 11.4. The van der Waals surface area contributed by atoms with Crippen LogP contribution in [0, 0.1) is 0 Å². The predicted octanol–water partition coefficient (Wildman–Crippen LogP) is -0.143. The summed E-state index contributed by atoms with van der Waals surface area (Å²) >= 11 is 1.13. The summed E-state index contributed by atoms with van der Waals surface area (Å²) in [6.45, 7) is 0.0527. The van der Waals surface area contributed by atoms with E-state index in [-0.39, 0.29) is 12.5 Å². The van der Waals surface area contributed by atoms with Gasteiger partial charge < -0.3 is 5.32 Å². The molecule has 1 amide bonds. The van der Waals surface area contributed by atoms with E-state index in [0.717, 1.165) is 34.6 Å². The van der Waals surface area contributed by atoms with Crippen LogP contribution in [-0.2, 0) is 21.4 Å². The van der Waals surface area contributed by atoms with Gasteiger partial charge >= 0.3 is 0 Å². The van der Waals surface area contributed by atoms with Crippen LogP contribution in [0.3, 0.4) is 0 Å². The summed E-state index contributed by atoms with van der Waals surface area (Å²) in [4.78, 5) is 11.4. The van der Waals surface area contributed by atoms with Gasteiger partial charge in [-0.2, -0.15) is 8.75 Å². The molecular weight excluding hydrogens is 288 g/mol. The Hall–Kier alpha value is -1.58. The van der Waals surface area contributed by atoms with Crippen molar-refractivity contribution in [3.05, 3.63) is 23.8 Å². The SMILES string of the molecule is CS(=O)(=O)NCC(=O)NCc1ccc2nsnc2c1. The largest absolute Gasteiger partial charge is 0.351 e. The first-order valence-electron chi connectivity index (χ1n) is 5.36. The van der Waals surface area contributed by atoms with Crippen molar-refractivity contribution in [3.8, 4) is 0 Å². The molecule has 0 saturated heterocycles. The van der Waals surface area contributed by atoms with Crippen molar-refractivity contribution >= 4 is 38.7 Å². The molecule has 102 valence electrons. The Morgan fingerprint density at radius 1 is 1.32 bits per heavy atom. The molecular formula is C10H12N4O3S2. The van der Waals surface area contributed by atoms with Gasteiger partial charge in [0.05, 0.1) is 24.5 Å². The standard InChI is InChI=1S/C10H12N4O3S2/c1-19(16,17)12-6-10(15)11-5-7-2-3-8-9(4-7)14-18-13-8/h2-4,12H,5-6H2,1H3,(H,11,15). The Balaban J connectivity index is 1.89. The number of aromatic nitrogens is 2. The van der Waals surface area contributed by atoms with Gasteiger partial charge in [-0.1, -0.05) is 6.07 Å². The van der Waals surface area contributed by atoms with E-state index in [1.165, 1.54) is 0 Å². The average Bonchev–Trinajstić information content (AvgIpc) is 2.80. The molecule has 2 aromatic rings. The van der Waals surface area contributed by atoms with E-state index in [0.29, 0.717) is 6.54 Å². The Morgan fingerprint density at radius 2 is 2.05 bits per heavy atom. The van der Waals surface area contributed by atoms with Gasteiger partial charge in [-0.3, -0.25) is 4.79 Å². The topological polar surface area (TPSA) is 101 Å². The van der Waals surface area contributed by atoms with Gasteiger partial charge in [-0.15, -0.1) is 0 Å². The number of nitrogens with zero attached hydrogens (tertiary/aromatic N) is 2. The fourth-order valence-electron chi connectivity index (χ4n) is 1.40. The highest BCUT2D eigenvalue weighted by molar-refractivity contribution is 7.88. The Morgan fingerprint density at radius 3 is 2.79 bits per heavy atom. The van der Waals surface area contributed by atoms with E-state index in [1.807, 2.05) is 18.2 Å². The summed E-state index contributed by atoms with van der Waals surface area (Å²) in [5.41, 5.74) is 2.48. The number of hydrogen-bond donors (Lipinski definition) is 2. The number of rotatable bonds is 5. The van der Waals surface area contributed by atoms with Crippen LogP contribution in [0.1, 0.15) is 5.56 Å². The van der Waals surface area contributed by atoms with Gasteiger partial charge in [0.1, 0.15) is 11.0 Å². The van der Waals surface area contributed by atoms with Crippen molar-refractivity contribution in [3.63, 3.8) is 0 Å². The molecule has 0 fully saturated rings. The minimum absolute atomic E-state index is 0.265. The first-order chi connectivity index (χ1) is 8.94. The third-order valence-electron chi connectivity index (χ3n) is 2.30. The molecule has 2 N–H and O–H groups in total. The molecule has 0 aliphatic carbocycles. The smallest absolute Gasteiger partial charge is 0.235 e. The second kappa shape index (κ2) is 5.59. The molecule has 0 aliphatic heterocycles. The van der Waals surface area contributed by atoms with Gasteiger partial charge in [0.2, 0.25) is 15.9 Å². The monoisotopic (exact) mass is 300 g/mol. The van der Waals surface area contributed by atoms with E-state index in [1.54, 1.807) is 0 Å². The van der Waals surface area contributed by atoms with Crippen LogP contribution >= 0.6 is 11.7 Å². The number of nitrogens with one attached hydrogen (secondary N) is 2. The molecule has 9 heteroatoms. The maximum atomic E-state index is 11.4. The van der Waals surface area contributed by atoms with Gasteiger partial charge in [-0.05, 0) is 17.7 Å². The molecule has 2 rings (SSSR count). The molecule has 0 aliphatic rings. The van der Waals surface area contributed by atoms with E-state index in [4.69, 9.17) is 0 Å². The zero-order valence-corrected chi connectivity index (χ0v) is 11.7. The van der Waals surface area contributed by atoms with Crippen LogP contribution < -0.4 is 10.0 Å². The zero-order chi connectivity index (χ0) is 13.9. The minimum Gasteiger partial charge on any atom is -0.351 e. The number of carbonyl (C=O) groups excluding carboxylic acids is 1. The van der Waals surface area contributed by atoms with E-state index in [9.17, 15) is 13.2 Å². The highest BCUT2D eigenvalue weighted by Gasteiger charge is 2.06. The lowest BCUT2D eigenvalue weighted by Crippen LogP contribution is -2.36. The molecule has 0 unspecified atom stereocenters. The summed E-state index contributed by atoms with van der Waals surface area (Å²) in [5.74, 6) is -0.387. The fourth-order valence-corrected chi connectivity index (χ4v) is 2.31. The van der Waals surface area contributed by atoms with Crippen molar-refractivity contribution in [2.75, 3.05) is 12.8 Å². The molecule has 1 heterocycles. The molecule has 0 saturated carbocycles. The van der Waals surface area contributed by atoms with Gasteiger partial charge in [0.15, 0.2) is 0 Å². The third-order valence-corrected chi connectivity index (χ3v) is 3.53. The lowest BCUT2D eigenvalue weighted by molar-refractivity contribution is -0.120. The van der Waals surface area contributed by atoms with Crippen LogP contribution in [0.5, 0.6) is 0 Å². The van der Waals surface area contributed by atoms with Crippen LogP contribution in [0.15, 0.2) is 18.2 Å². The Labute approximate surface area is 114 Å². The predicted molar refractivity (Wildman–Crippen MR) is 72.1 cm³/mol. The zero-order valence-electron chi connectivity index (χ0n) is 10.1. The first-order valence-corrected chi connectivity index (χ1v) is 7.99. The van der Waals surface area contributed by atoms with E-state index < -0.39 is 10.0 Å². The third kappa shape index (κ3) is 4.23. The number of amides is 1. The minimum atomic E-state index is -3.35. The summed E-state index contributed by atoms with van der Waals surface area (Å²) < 4.78 is 31.9. The summed E-state index contributed by atoms with van der Waals surface area (Å²) in [6, 6.07) is 5.51. The lowest BCUT2D eigenvalue weighted by atomic mass is 10.2. The van der Waals surface area contributed by atoms with Crippen LogP contribution in [0.25, 0.3) is 11.0 Å². The summed E-state index contributed by atoms with van der Waals surface area (Å²) in [6.07, 6.45) is 1.00. The summed E-state index contributed by atoms with van der Waals surface area (Å²) in [5, 5.41) is 2.62. The van der Waals surface area contributed by atoms with E-state index >= 15 is 0 Å². The van der Waals surface area contributed by atoms with Crippen molar-refractivity contribution in [1.29, 1.82) is 0 Å². The number of carbonyl (C=O) groups is 1. The molecule has 1 aromatic carbocycles. The quantitative estimate of drug-likeness (QED) is 0.800. The molecule has 7 nitrogen and oxygen atoms in total. The molecule has 1 aromatic heterocycles. The van der Waals surface area contributed by atoms with Gasteiger partial charge in [0.25, 0.3) is 0 Å². The molecule has 19 heavy (non-hydrogen) atoms. The van der Waals surface area contributed by atoms with Gasteiger partial charge in [-0.25, -0.2) is 13.1 Å². The molecule has 0 atom stereocenters. The number of benzene rings is 1. The normalized spacial score (nSPS) is 11.6. The molecule has 0 bridgehead atoms. The number of fused-ring (bicyclic) bond motifs is 1. The Kier molecular flexibility index (Phi) is 4.08. The van der Waals surface area contributed by atoms with Crippen molar-refractivity contribution in [2.45, 2.75) is 6.54 Å². The highest BCUT2D eigenvalue weighted by Crippen LogP contribution is 2.13. The fraction of sp³-hybridized carbons (Fsp3) is 0.300. The van der Waals surface area contributed by atoms with E-state index in [2.05, 4.69) is 18.8 Å². The first kappa shape index (κ1) is 13.8. The second-order valence-corrected chi connectivity index (χ2v) is 6.32. The van der Waals surface area contributed by atoms with Crippen LogP contribution in [-0.4, -0.2) is 35.9 Å². The van der Waals surface area contributed by atoms with Crippen molar-refractivity contribution in [1.82, 2.24) is 18.8 Å². The molecule has 0 radical (unpaired) electrons. The maximum Gasteiger partial charge on any atom is 0.235 e. The second-order valence-electron chi connectivity index (χ2n) is 3.96. The highest BCUT2D eigenvalue weighted by atomic mass is 32.2. The van der Waals surface area contributed by atoms with Crippen molar-refractivity contribution < 1.29 is 13.2 Å². The van der Waals surface area contributed by atoms with Crippen LogP contribution in [0.4, 0.5) is 0 Å². The lowest BCUT2D eigenvalue weighted by Gasteiger charge is -2.05. The van der Waals surface area contributed by atoms with Crippen molar-refractivity contribution in [2.24, 2.45) is 0 Å². The number of sulfonamides is 1. The van der Waals surface area contributed by atoms with Crippen LogP contribution in [0.2, 0.25) is 0 Å².